The summed E-state index contributed by atoms with van der Waals surface area (Å²) in [5.74, 6) is -1.26. The number of carbonyl (C=O) groups is 2. The molecule has 2 N–H and O–H groups in total. The molecule has 1 unspecified atom stereocenters. The van der Waals surface area contributed by atoms with Crippen LogP contribution in [-0.4, -0.2) is 28.8 Å². The van der Waals surface area contributed by atoms with E-state index in [1.807, 2.05) is 55.5 Å². The average Bonchev–Trinajstić information content (AvgIpc) is 3.14. The molecule has 3 aromatic carbocycles. The molecule has 1 heterocycles. The van der Waals surface area contributed by atoms with Gasteiger partial charge in [-0.05, 0) is 52.9 Å². The van der Waals surface area contributed by atoms with Crippen LogP contribution in [0.1, 0.15) is 34.3 Å². The summed E-state index contributed by atoms with van der Waals surface area (Å²) in [6, 6.07) is 23.8. The number of ether oxygens (including phenoxy) is 1. The van der Waals surface area contributed by atoms with Crippen molar-refractivity contribution in [2.45, 2.75) is 18.9 Å². The molecule has 6 heteroatoms. The number of rotatable bonds is 5. The first-order valence-electron chi connectivity index (χ1n) is 10.7. The highest BCUT2D eigenvalue weighted by Gasteiger charge is 2.30. The number of carboxylic acids is 1. The smallest absolute Gasteiger partial charge is 0.408 e. The lowest BCUT2D eigenvalue weighted by atomic mass is 9.98. The summed E-state index contributed by atoms with van der Waals surface area (Å²) in [7, 11) is 0. The van der Waals surface area contributed by atoms with Crippen molar-refractivity contribution in [1.29, 1.82) is 0 Å². The lowest BCUT2D eigenvalue weighted by Gasteiger charge is -2.18. The number of hydrogen-bond donors (Lipinski definition) is 2. The predicted molar refractivity (Wildman–Crippen MR) is 125 cm³/mol. The number of carbonyl (C=O) groups excluding carboxylic acids is 1. The van der Waals surface area contributed by atoms with Gasteiger partial charge in [0.25, 0.3) is 0 Å². The number of aromatic nitrogens is 1. The first kappa shape index (κ1) is 20.7. The molecule has 1 aliphatic carbocycles. The standard InChI is InChI=1S/C27H22N2O4/c1-16-10-11-17-14-18(12-13-24(17)28-16)25(26(30)31)29-27(32)33-15-23-21-8-4-2-6-19(21)20-7-3-5-9-22(20)23/h2-14,23,25H,15H2,1H3,(H,29,32)(H,30,31). The highest BCUT2D eigenvalue weighted by Crippen LogP contribution is 2.44. The fraction of sp³-hybridized carbons (Fsp3) is 0.148. The minimum Gasteiger partial charge on any atom is -0.479 e. The van der Waals surface area contributed by atoms with Crippen molar-refractivity contribution in [3.63, 3.8) is 0 Å². The van der Waals surface area contributed by atoms with Crippen molar-refractivity contribution < 1.29 is 19.4 Å². The maximum absolute atomic E-state index is 12.6. The molecule has 164 valence electrons. The summed E-state index contributed by atoms with van der Waals surface area (Å²) in [6.07, 6.45) is -0.772. The van der Waals surface area contributed by atoms with Crippen LogP contribution in [0.5, 0.6) is 0 Å². The number of benzene rings is 3. The van der Waals surface area contributed by atoms with E-state index in [1.54, 1.807) is 18.2 Å². The Morgan fingerprint density at radius 3 is 2.30 bits per heavy atom. The summed E-state index contributed by atoms with van der Waals surface area (Å²) in [5.41, 5.74) is 6.55. The molecule has 1 aliphatic rings. The van der Waals surface area contributed by atoms with E-state index in [1.165, 1.54) is 0 Å². The van der Waals surface area contributed by atoms with Crippen molar-refractivity contribution in [3.05, 3.63) is 101 Å². The highest BCUT2D eigenvalue weighted by molar-refractivity contribution is 5.85. The third kappa shape index (κ3) is 3.91. The molecule has 1 amide bonds. The predicted octanol–water partition coefficient (Wildman–Crippen LogP) is 5.21. The van der Waals surface area contributed by atoms with Crippen LogP contribution in [0.25, 0.3) is 22.0 Å². The number of pyridine rings is 1. The minimum atomic E-state index is -1.23. The number of carboxylic acid groups (broad SMARTS) is 1. The number of nitrogens with zero attached hydrogens (tertiary/aromatic N) is 1. The number of fused-ring (bicyclic) bond motifs is 4. The van der Waals surface area contributed by atoms with Crippen molar-refractivity contribution >= 4 is 23.0 Å². The Labute approximate surface area is 190 Å². The van der Waals surface area contributed by atoms with Gasteiger partial charge in [-0.3, -0.25) is 4.98 Å². The van der Waals surface area contributed by atoms with E-state index in [-0.39, 0.29) is 12.5 Å². The van der Waals surface area contributed by atoms with Gasteiger partial charge in [0.15, 0.2) is 6.04 Å². The summed E-state index contributed by atoms with van der Waals surface area (Å²) in [5, 5.41) is 13.0. The Hall–Kier alpha value is -4.19. The van der Waals surface area contributed by atoms with Gasteiger partial charge in [0.2, 0.25) is 0 Å². The summed E-state index contributed by atoms with van der Waals surface area (Å²) in [6.45, 7) is 2.01. The monoisotopic (exact) mass is 438 g/mol. The third-order valence-corrected chi connectivity index (χ3v) is 6.04. The molecule has 33 heavy (non-hydrogen) atoms. The van der Waals surface area contributed by atoms with Gasteiger partial charge >= 0.3 is 12.1 Å². The second-order valence-corrected chi connectivity index (χ2v) is 8.15. The minimum absolute atomic E-state index is 0.0959. The normalized spacial score (nSPS) is 13.2. The van der Waals surface area contributed by atoms with Crippen LogP contribution in [0.15, 0.2) is 78.9 Å². The zero-order chi connectivity index (χ0) is 22.9. The molecular formula is C27H22N2O4. The number of hydrogen-bond acceptors (Lipinski definition) is 4. The Balaban J connectivity index is 1.33. The number of aryl methyl sites for hydroxylation is 1. The van der Waals surface area contributed by atoms with Gasteiger partial charge in [-0.2, -0.15) is 0 Å². The lowest BCUT2D eigenvalue weighted by Crippen LogP contribution is -2.34. The van der Waals surface area contributed by atoms with Gasteiger partial charge in [-0.1, -0.05) is 60.7 Å². The molecule has 0 radical (unpaired) electrons. The number of amides is 1. The molecule has 6 nitrogen and oxygen atoms in total. The molecule has 0 saturated carbocycles. The molecular weight excluding hydrogens is 416 g/mol. The molecule has 0 bridgehead atoms. The van der Waals surface area contributed by atoms with Gasteiger partial charge in [-0.25, -0.2) is 9.59 Å². The fourth-order valence-corrected chi connectivity index (χ4v) is 4.47. The van der Waals surface area contributed by atoms with Crippen LogP contribution in [0.2, 0.25) is 0 Å². The quantitative estimate of drug-likeness (QED) is 0.447. The largest absolute Gasteiger partial charge is 0.479 e. The van der Waals surface area contributed by atoms with Crippen LogP contribution in [-0.2, 0) is 9.53 Å². The SMILES string of the molecule is Cc1ccc2cc(C(NC(=O)OCC3c4ccccc4-c4ccccc43)C(=O)O)ccc2n1. The van der Waals surface area contributed by atoms with Gasteiger partial charge in [0.05, 0.1) is 5.52 Å². The van der Waals surface area contributed by atoms with Crippen molar-refractivity contribution in [2.75, 3.05) is 6.61 Å². The van der Waals surface area contributed by atoms with Crippen LogP contribution in [0, 0.1) is 6.92 Å². The van der Waals surface area contributed by atoms with E-state index >= 15 is 0 Å². The topological polar surface area (TPSA) is 88.5 Å². The number of aliphatic carboxylic acids is 1. The molecule has 4 aromatic rings. The Morgan fingerprint density at radius 2 is 1.64 bits per heavy atom. The Bertz CT molecular complexity index is 1340. The molecule has 0 spiro atoms. The van der Waals surface area contributed by atoms with E-state index in [4.69, 9.17) is 4.74 Å². The molecule has 0 aliphatic heterocycles. The second kappa shape index (κ2) is 8.39. The van der Waals surface area contributed by atoms with Gasteiger partial charge in [-0.15, -0.1) is 0 Å². The van der Waals surface area contributed by atoms with Crippen molar-refractivity contribution in [2.24, 2.45) is 0 Å². The van der Waals surface area contributed by atoms with Crippen molar-refractivity contribution in [3.8, 4) is 11.1 Å². The molecule has 1 aromatic heterocycles. The van der Waals surface area contributed by atoms with E-state index in [2.05, 4.69) is 22.4 Å². The van der Waals surface area contributed by atoms with Crippen LogP contribution >= 0.6 is 0 Å². The van der Waals surface area contributed by atoms with Crippen molar-refractivity contribution in [1.82, 2.24) is 10.3 Å². The Morgan fingerprint density at radius 1 is 0.970 bits per heavy atom. The lowest BCUT2D eigenvalue weighted by molar-refractivity contribution is -0.139. The van der Waals surface area contributed by atoms with E-state index in [0.29, 0.717) is 5.56 Å². The summed E-state index contributed by atoms with van der Waals surface area (Å²) >= 11 is 0. The van der Waals surface area contributed by atoms with E-state index in [0.717, 1.165) is 38.9 Å². The number of alkyl carbamates (subject to hydrolysis) is 1. The summed E-state index contributed by atoms with van der Waals surface area (Å²) < 4.78 is 5.52. The second-order valence-electron chi connectivity index (χ2n) is 8.15. The van der Waals surface area contributed by atoms with Gasteiger partial charge < -0.3 is 15.2 Å². The highest BCUT2D eigenvalue weighted by atomic mass is 16.5. The maximum atomic E-state index is 12.6. The molecule has 5 rings (SSSR count). The summed E-state index contributed by atoms with van der Waals surface area (Å²) in [4.78, 5) is 29.0. The average molecular weight is 438 g/mol. The van der Waals surface area contributed by atoms with Crippen LogP contribution in [0.4, 0.5) is 4.79 Å². The van der Waals surface area contributed by atoms with Crippen LogP contribution in [0.3, 0.4) is 0 Å². The molecule has 0 saturated heterocycles. The zero-order valence-electron chi connectivity index (χ0n) is 18.0. The van der Waals surface area contributed by atoms with E-state index < -0.39 is 18.1 Å². The molecule has 1 atom stereocenters. The van der Waals surface area contributed by atoms with Crippen LogP contribution < -0.4 is 5.32 Å². The number of nitrogens with one attached hydrogen (secondary N) is 1. The Kier molecular flexibility index (Phi) is 5.26. The first-order valence-corrected chi connectivity index (χ1v) is 10.7. The van der Waals surface area contributed by atoms with Gasteiger partial charge in [0.1, 0.15) is 6.61 Å². The van der Waals surface area contributed by atoms with E-state index in [9.17, 15) is 14.7 Å². The fourth-order valence-electron chi connectivity index (χ4n) is 4.47. The first-order chi connectivity index (χ1) is 16.0. The molecule has 0 fully saturated rings. The third-order valence-electron chi connectivity index (χ3n) is 6.04. The van der Waals surface area contributed by atoms with Gasteiger partial charge in [0, 0.05) is 17.0 Å². The maximum Gasteiger partial charge on any atom is 0.408 e. The zero-order valence-corrected chi connectivity index (χ0v) is 18.0.